The molecule has 0 unspecified atom stereocenters. The molecule has 8 nitrogen and oxygen atoms in total. The predicted octanol–water partition coefficient (Wildman–Crippen LogP) is 2.39. The molecular weight excluding hydrogens is 400 g/mol. The number of ether oxygens (including phenoxy) is 1. The Labute approximate surface area is 180 Å². The Balaban J connectivity index is 1.56. The zero-order valence-electron chi connectivity index (χ0n) is 17.2. The van der Waals surface area contributed by atoms with Crippen LogP contribution in [0.4, 0.5) is 0 Å². The van der Waals surface area contributed by atoms with Gasteiger partial charge in [0.25, 0.3) is 11.8 Å². The lowest BCUT2D eigenvalue weighted by atomic mass is 9.89. The van der Waals surface area contributed by atoms with Gasteiger partial charge in [0, 0.05) is 12.3 Å². The average Bonchev–Trinajstić information content (AvgIpc) is 3.33. The summed E-state index contributed by atoms with van der Waals surface area (Å²) in [6.45, 7) is -0.598. The summed E-state index contributed by atoms with van der Waals surface area (Å²) in [4.78, 5) is 49.2. The van der Waals surface area contributed by atoms with Gasteiger partial charge in [-0.3, -0.25) is 19.7 Å². The van der Waals surface area contributed by atoms with Crippen molar-refractivity contribution in [2.45, 2.75) is 44.6 Å². The van der Waals surface area contributed by atoms with Crippen molar-refractivity contribution in [2.24, 2.45) is 5.92 Å². The molecule has 2 aromatic rings. The van der Waals surface area contributed by atoms with Crippen molar-refractivity contribution >= 4 is 23.7 Å². The molecule has 0 radical (unpaired) electrons. The van der Waals surface area contributed by atoms with Crippen LogP contribution in [0.1, 0.15) is 48.2 Å². The smallest absolute Gasteiger partial charge is 0.329 e. The Bertz CT molecular complexity index is 888. The summed E-state index contributed by atoms with van der Waals surface area (Å²) in [6, 6.07) is 11.1. The van der Waals surface area contributed by atoms with E-state index in [9.17, 15) is 19.2 Å². The molecule has 1 aromatic carbocycles. The van der Waals surface area contributed by atoms with E-state index in [1.54, 1.807) is 6.07 Å². The second kappa shape index (κ2) is 11.1. The van der Waals surface area contributed by atoms with Gasteiger partial charge in [0.05, 0.1) is 6.26 Å². The molecule has 164 valence electrons. The quantitative estimate of drug-likeness (QED) is 0.627. The number of amides is 3. The Morgan fingerprint density at radius 2 is 1.74 bits per heavy atom. The maximum Gasteiger partial charge on any atom is 0.329 e. The highest BCUT2D eigenvalue weighted by molar-refractivity contribution is 5.98. The minimum atomic E-state index is -1.03. The fraction of sp³-hybridized carbons (Fsp3) is 0.391. The van der Waals surface area contributed by atoms with E-state index in [1.165, 1.54) is 12.3 Å². The first-order chi connectivity index (χ1) is 15.0. The third kappa shape index (κ3) is 6.80. The Kier molecular flexibility index (Phi) is 7.98. The number of imide groups is 1. The normalized spacial score (nSPS) is 15.0. The molecule has 1 saturated carbocycles. The van der Waals surface area contributed by atoms with Gasteiger partial charge in [-0.15, -0.1) is 0 Å². The number of nitrogens with one attached hydrogen (secondary N) is 2. The third-order valence-corrected chi connectivity index (χ3v) is 5.20. The lowest BCUT2D eigenvalue weighted by Crippen LogP contribution is -2.45. The van der Waals surface area contributed by atoms with Crippen LogP contribution >= 0.6 is 0 Å². The maximum absolute atomic E-state index is 12.6. The molecule has 8 heteroatoms. The van der Waals surface area contributed by atoms with Gasteiger partial charge in [0.15, 0.2) is 12.4 Å². The monoisotopic (exact) mass is 426 g/mol. The summed E-state index contributed by atoms with van der Waals surface area (Å²) in [7, 11) is 0. The lowest BCUT2D eigenvalue weighted by molar-refractivity contribution is -0.151. The van der Waals surface area contributed by atoms with E-state index in [2.05, 4.69) is 10.6 Å². The maximum atomic E-state index is 12.6. The van der Waals surface area contributed by atoms with Gasteiger partial charge in [0.1, 0.15) is 6.04 Å². The molecular formula is C23H26N2O6. The SMILES string of the molecule is O=C(COC(=O)[C@H](Cc1ccccc1)NC(=O)c1ccco1)NC(=O)C1CCCCC1. The fourth-order valence-corrected chi connectivity index (χ4v) is 3.56. The number of rotatable bonds is 8. The molecule has 1 atom stereocenters. The number of hydrogen-bond acceptors (Lipinski definition) is 6. The van der Waals surface area contributed by atoms with Crippen molar-refractivity contribution in [1.29, 1.82) is 0 Å². The highest BCUT2D eigenvalue weighted by Gasteiger charge is 2.26. The van der Waals surface area contributed by atoms with E-state index >= 15 is 0 Å². The molecule has 1 heterocycles. The van der Waals surface area contributed by atoms with Crippen LogP contribution in [0.2, 0.25) is 0 Å². The Hall–Kier alpha value is -3.42. The van der Waals surface area contributed by atoms with Gasteiger partial charge in [-0.25, -0.2) is 4.79 Å². The van der Waals surface area contributed by atoms with Crippen molar-refractivity contribution in [2.75, 3.05) is 6.61 Å². The van der Waals surface area contributed by atoms with Crippen LogP contribution in [0.3, 0.4) is 0 Å². The van der Waals surface area contributed by atoms with Crippen LogP contribution in [0, 0.1) is 5.92 Å². The summed E-state index contributed by atoms with van der Waals surface area (Å²) in [5, 5.41) is 4.88. The second-order valence-corrected chi connectivity index (χ2v) is 7.55. The van der Waals surface area contributed by atoms with E-state index in [4.69, 9.17) is 9.15 Å². The zero-order chi connectivity index (χ0) is 22.1. The lowest BCUT2D eigenvalue weighted by Gasteiger charge is -2.20. The Morgan fingerprint density at radius 1 is 1.00 bits per heavy atom. The van der Waals surface area contributed by atoms with E-state index < -0.39 is 30.4 Å². The molecule has 0 aliphatic heterocycles. The fourth-order valence-electron chi connectivity index (χ4n) is 3.56. The molecule has 1 aliphatic rings. The molecule has 0 bridgehead atoms. The minimum absolute atomic E-state index is 0.0571. The number of benzene rings is 1. The van der Waals surface area contributed by atoms with E-state index in [1.807, 2.05) is 30.3 Å². The zero-order valence-corrected chi connectivity index (χ0v) is 17.2. The molecule has 3 amide bonds. The Morgan fingerprint density at radius 3 is 2.42 bits per heavy atom. The third-order valence-electron chi connectivity index (χ3n) is 5.20. The molecule has 3 rings (SSSR count). The van der Waals surface area contributed by atoms with Crippen LogP contribution in [0.25, 0.3) is 0 Å². The van der Waals surface area contributed by atoms with Crippen molar-refractivity contribution in [3.63, 3.8) is 0 Å². The first-order valence-corrected chi connectivity index (χ1v) is 10.4. The van der Waals surface area contributed by atoms with Gasteiger partial charge in [-0.1, -0.05) is 49.6 Å². The summed E-state index contributed by atoms with van der Waals surface area (Å²) in [5.41, 5.74) is 0.807. The number of carbonyl (C=O) groups excluding carboxylic acids is 4. The molecule has 1 aromatic heterocycles. The first-order valence-electron chi connectivity index (χ1n) is 10.4. The minimum Gasteiger partial charge on any atom is -0.459 e. The van der Waals surface area contributed by atoms with Gasteiger partial charge in [-0.2, -0.15) is 0 Å². The molecule has 31 heavy (non-hydrogen) atoms. The van der Waals surface area contributed by atoms with E-state index in [0.717, 1.165) is 37.7 Å². The van der Waals surface area contributed by atoms with Gasteiger partial charge < -0.3 is 14.5 Å². The van der Waals surface area contributed by atoms with Crippen LogP contribution in [-0.2, 0) is 25.5 Å². The van der Waals surface area contributed by atoms with Gasteiger partial charge in [0.2, 0.25) is 5.91 Å². The number of furan rings is 1. The van der Waals surface area contributed by atoms with Gasteiger partial charge >= 0.3 is 5.97 Å². The summed E-state index contributed by atoms with van der Waals surface area (Å²) < 4.78 is 10.2. The molecule has 0 saturated heterocycles. The van der Waals surface area contributed by atoms with Crippen molar-refractivity contribution in [3.8, 4) is 0 Å². The van der Waals surface area contributed by atoms with Crippen LogP contribution in [-0.4, -0.2) is 36.3 Å². The summed E-state index contributed by atoms with van der Waals surface area (Å²) >= 11 is 0. The highest BCUT2D eigenvalue weighted by Crippen LogP contribution is 2.23. The van der Waals surface area contributed by atoms with Gasteiger partial charge in [-0.05, 0) is 30.5 Å². The van der Waals surface area contributed by atoms with Crippen molar-refractivity contribution in [1.82, 2.24) is 10.6 Å². The second-order valence-electron chi connectivity index (χ2n) is 7.55. The summed E-state index contributed by atoms with van der Waals surface area (Å²) in [5.74, 6) is -2.47. The standard InChI is InChI=1S/C23H26N2O6/c26-20(25-21(27)17-10-5-2-6-11-17)15-31-23(29)18(14-16-8-3-1-4-9-16)24-22(28)19-12-7-13-30-19/h1,3-4,7-9,12-13,17-18H,2,5-6,10-11,14-15H2,(H,24,28)(H,25,26,27)/t18-/m0/s1. The molecule has 0 spiro atoms. The molecule has 1 aliphatic carbocycles. The van der Waals surface area contributed by atoms with Crippen LogP contribution in [0.15, 0.2) is 53.1 Å². The first kappa shape index (κ1) is 22.3. The van der Waals surface area contributed by atoms with E-state index in [0.29, 0.717) is 0 Å². The largest absolute Gasteiger partial charge is 0.459 e. The topological polar surface area (TPSA) is 115 Å². The van der Waals surface area contributed by atoms with Crippen LogP contribution < -0.4 is 10.6 Å². The highest BCUT2D eigenvalue weighted by atomic mass is 16.5. The molecule has 1 fully saturated rings. The van der Waals surface area contributed by atoms with Crippen LogP contribution in [0.5, 0.6) is 0 Å². The average molecular weight is 426 g/mol. The number of esters is 1. The molecule has 2 N–H and O–H groups in total. The number of carbonyl (C=O) groups is 4. The predicted molar refractivity (Wildman–Crippen MR) is 111 cm³/mol. The van der Waals surface area contributed by atoms with E-state index in [-0.39, 0.29) is 24.0 Å². The van der Waals surface area contributed by atoms with Crippen molar-refractivity contribution in [3.05, 3.63) is 60.1 Å². The number of hydrogen-bond donors (Lipinski definition) is 2. The van der Waals surface area contributed by atoms with Crippen molar-refractivity contribution < 1.29 is 28.3 Å². The summed E-state index contributed by atoms with van der Waals surface area (Å²) in [6.07, 6.45) is 6.09.